The monoisotopic (exact) mass is 459 g/mol. The number of nitrogens with one attached hydrogen (secondary N) is 1. The molecule has 1 fully saturated rings. The molecule has 1 amide bonds. The fourth-order valence-electron chi connectivity index (χ4n) is 3.77. The zero-order valence-electron chi connectivity index (χ0n) is 17.7. The highest BCUT2D eigenvalue weighted by Gasteiger charge is 2.33. The van der Waals surface area contributed by atoms with E-state index < -0.39 is 15.9 Å². The van der Waals surface area contributed by atoms with Crippen molar-refractivity contribution < 1.29 is 17.9 Å². The predicted octanol–water partition coefficient (Wildman–Crippen LogP) is 3.96. The lowest BCUT2D eigenvalue weighted by atomic mass is 9.99. The number of nitrogens with zero attached hydrogens (tertiary/aromatic N) is 2. The molecular weight excluding hydrogens is 434 g/mol. The number of anilines is 1. The van der Waals surface area contributed by atoms with Gasteiger partial charge >= 0.3 is 0 Å². The van der Waals surface area contributed by atoms with E-state index >= 15 is 0 Å². The standard InChI is InChI=1S/C22H25N3O4S2/c1-14-6-9-17(10-7-14)31(27,28)25-12-4-5-16(13-25)21(26)24-22-23-19-18(29-3)11-8-15(2)20(19)30-22/h6-11,16H,4-5,12-13H2,1-3H3,(H,23,24,26). The van der Waals surface area contributed by atoms with Crippen LogP contribution in [0.1, 0.15) is 24.0 Å². The number of methoxy groups -OCH3 is 1. The number of amides is 1. The Kier molecular flexibility index (Phi) is 6.00. The molecule has 164 valence electrons. The molecule has 1 N–H and O–H groups in total. The summed E-state index contributed by atoms with van der Waals surface area (Å²) in [5.41, 5.74) is 2.77. The molecule has 2 aromatic carbocycles. The zero-order valence-corrected chi connectivity index (χ0v) is 19.3. The van der Waals surface area contributed by atoms with Gasteiger partial charge in [-0.05, 0) is 50.5 Å². The molecule has 2 heterocycles. The van der Waals surface area contributed by atoms with Gasteiger partial charge in [-0.15, -0.1) is 0 Å². The quantitative estimate of drug-likeness (QED) is 0.624. The molecule has 1 aliphatic rings. The van der Waals surface area contributed by atoms with Crippen LogP contribution in [-0.4, -0.2) is 43.8 Å². The number of thiazole rings is 1. The van der Waals surface area contributed by atoms with Crippen LogP contribution in [0, 0.1) is 19.8 Å². The minimum atomic E-state index is -3.63. The molecule has 0 spiro atoms. The topological polar surface area (TPSA) is 88.6 Å². The Morgan fingerprint density at radius 3 is 2.65 bits per heavy atom. The van der Waals surface area contributed by atoms with Crippen LogP contribution in [-0.2, 0) is 14.8 Å². The van der Waals surface area contributed by atoms with Crippen LogP contribution in [0.3, 0.4) is 0 Å². The van der Waals surface area contributed by atoms with Gasteiger partial charge in [0.25, 0.3) is 0 Å². The van der Waals surface area contributed by atoms with E-state index in [1.165, 1.54) is 15.6 Å². The molecule has 3 aromatic rings. The first-order chi connectivity index (χ1) is 14.8. The first-order valence-corrected chi connectivity index (χ1v) is 12.4. The summed E-state index contributed by atoms with van der Waals surface area (Å²) >= 11 is 1.40. The van der Waals surface area contributed by atoms with Crippen molar-refractivity contribution in [3.8, 4) is 5.75 Å². The summed E-state index contributed by atoms with van der Waals surface area (Å²) in [5, 5.41) is 3.38. The van der Waals surface area contributed by atoms with Gasteiger partial charge in [-0.3, -0.25) is 4.79 Å². The lowest BCUT2D eigenvalue weighted by Crippen LogP contribution is -2.43. The number of aryl methyl sites for hydroxylation is 2. The van der Waals surface area contributed by atoms with Gasteiger partial charge in [0.1, 0.15) is 11.3 Å². The molecule has 1 atom stereocenters. The summed E-state index contributed by atoms with van der Waals surface area (Å²) in [6.07, 6.45) is 1.27. The SMILES string of the molecule is COc1ccc(C)c2sc(NC(=O)C3CCCN(S(=O)(=O)c4ccc(C)cc4)C3)nc12. The predicted molar refractivity (Wildman–Crippen MR) is 122 cm³/mol. The smallest absolute Gasteiger partial charge is 0.243 e. The molecule has 1 aromatic heterocycles. The maximum atomic E-state index is 13.0. The first-order valence-electron chi connectivity index (χ1n) is 10.1. The normalized spacial score (nSPS) is 17.6. The Labute approximate surface area is 186 Å². The summed E-state index contributed by atoms with van der Waals surface area (Å²) < 4.78 is 33.8. The Morgan fingerprint density at radius 1 is 1.19 bits per heavy atom. The molecular formula is C22H25N3O4S2. The van der Waals surface area contributed by atoms with Crippen molar-refractivity contribution in [3.05, 3.63) is 47.5 Å². The lowest BCUT2D eigenvalue weighted by Gasteiger charge is -2.31. The van der Waals surface area contributed by atoms with Crippen molar-refractivity contribution in [1.82, 2.24) is 9.29 Å². The maximum absolute atomic E-state index is 13.0. The van der Waals surface area contributed by atoms with E-state index in [0.717, 1.165) is 21.3 Å². The van der Waals surface area contributed by atoms with Crippen molar-refractivity contribution in [2.75, 3.05) is 25.5 Å². The van der Waals surface area contributed by atoms with Gasteiger partial charge in [0.2, 0.25) is 15.9 Å². The van der Waals surface area contributed by atoms with E-state index in [-0.39, 0.29) is 17.3 Å². The van der Waals surface area contributed by atoms with Crippen molar-refractivity contribution >= 4 is 42.6 Å². The van der Waals surface area contributed by atoms with Gasteiger partial charge in [0.05, 0.1) is 22.6 Å². The molecule has 0 radical (unpaired) electrons. The third-order valence-corrected chi connectivity index (χ3v) is 8.55. The molecule has 31 heavy (non-hydrogen) atoms. The van der Waals surface area contributed by atoms with Crippen LogP contribution in [0.15, 0.2) is 41.3 Å². The number of hydrogen-bond donors (Lipinski definition) is 1. The number of aromatic nitrogens is 1. The maximum Gasteiger partial charge on any atom is 0.243 e. The zero-order chi connectivity index (χ0) is 22.2. The van der Waals surface area contributed by atoms with E-state index in [1.807, 2.05) is 26.0 Å². The highest BCUT2D eigenvalue weighted by atomic mass is 32.2. The van der Waals surface area contributed by atoms with Crippen LogP contribution >= 0.6 is 11.3 Å². The van der Waals surface area contributed by atoms with Crippen LogP contribution in [0.2, 0.25) is 0 Å². The van der Waals surface area contributed by atoms with Crippen molar-refractivity contribution in [3.63, 3.8) is 0 Å². The first kappa shape index (κ1) is 21.7. The molecule has 1 unspecified atom stereocenters. The van der Waals surface area contributed by atoms with Crippen LogP contribution in [0.5, 0.6) is 5.75 Å². The Hall–Kier alpha value is -2.49. The van der Waals surface area contributed by atoms with E-state index in [0.29, 0.717) is 30.3 Å². The molecule has 1 aliphatic heterocycles. The number of benzene rings is 2. The Balaban J connectivity index is 1.51. The number of rotatable bonds is 5. The van der Waals surface area contributed by atoms with Gasteiger partial charge in [-0.25, -0.2) is 13.4 Å². The van der Waals surface area contributed by atoms with Gasteiger partial charge in [0.15, 0.2) is 5.13 Å². The van der Waals surface area contributed by atoms with Gasteiger partial charge in [-0.2, -0.15) is 4.31 Å². The van der Waals surface area contributed by atoms with Crippen molar-refractivity contribution in [2.45, 2.75) is 31.6 Å². The number of sulfonamides is 1. The van der Waals surface area contributed by atoms with Gasteiger partial charge < -0.3 is 10.1 Å². The van der Waals surface area contributed by atoms with E-state index in [9.17, 15) is 13.2 Å². The van der Waals surface area contributed by atoms with E-state index in [2.05, 4.69) is 10.3 Å². The van der Waals surface area contributed by atoms with Gasteiger partial charge in [-0.1, -0.05) is 35.1 Å². The number of fused-ring (bicyclic) bond motifs is 1. The summed E-state index contributed by atoms with van der Waals surface area (Å²) in [5.74, 6) is 0.0221. The van der Waals surface area contributed by atoms with Gasteiger partial charge in [0, 0.05) is 13.1 Å². The second-order valence-corrected chi connectivity index (χ2v) is 10.7. The fourth-order valence-corrected chi connectivity index (χ4v) is 6.25. The number of carbonyl (C=O) groups excluding carboxylic acids is 1. The molecule has 0 aliphatic carbocycles. The number of carbonyl (C=O) groups is 1. The molecule has 0 saturated carbocycles. The molecule has 1 saturated heterocycles. The van der Waals surface area contributed by atoms with E-state index in [1.54, 1.807) is 31.4 Å². The van der Waals surface area contributed by atoms with Crippen molar-refractivity contribution in [2.24, 2.45) is 5.92 Å². The highest BCUT2D eigenvalue weighted by molar-refractivity contribution is 7.89. The third kappa shape index (κ3) is 4.30. The summed E-state index contributed by atoms with van der Waals surface area (Å²) in [6.45, 7) is 4.48. The average molecular weight is 460 g/mol. The molecule has 9 heteroatoms. The number of ether oxygens (including phenoxy) is 1. The summed E-state index contributed by atoms with van der Waals surface area (Å²) in [6, 6.07) is 10.6. The van der Waals surface area contributed by atoms with Crippen LogP contribution in [0.4, 0.5) is 5.13 Å². The number of hydrogen-bond acceptors (Lipinski definition) is 6. The van der Waals surface area contributed by atoms with Crippen LogP contribution in [0.25, 0.3) is 10.2 Å². The minimum Gasteiger partial charge on any atom is -0.494 e. The summed E-state index contributed by atoms with van der Waals surface area (Å²) in [4.78, 5) is 17.7. The van der Waals surface area contributed by atoms with Crippen LogP contribution < -0.4 is 10.1 Å². The Morgan fingerprint density at radius 2 is 1.94 bits per heavy atom. The minimum absolute atomic E-state index is 0.162. The number of piperidine rings is 1. The van der Waals surface area contributed by atoms with Crippen molar-refractivity contribution in [1.29, 1.82) is 0 Å². The summed E-state index contributed by atoms with van der Waals surface area (Å²) in [7, 11) is -2.04. The lowest BCUT2D eigenvalue weighted by molar-refractivity contribution is -0.120. The average Bonchev–Trinajstić information content (AvgIpc) is 3.19. The molecule has 7 nitrogen and oxygen atoms in total. The van der Waals surface area contributed by atoms with E-state index in [4.69, 9.17) is 4.74 Å². The Bertz CT molecular complexity index is 1220. The third-order valence-electron chi connectivity index (χ3n) is 5.57. The largest absolute Gasteiger partial charge is 0.494 e. The molecule has 0 bridgehead atoms. The highest BCUT2D eigenvalue weighted by Crippen LogP contribution is 2.35. The second-order valence-electron chi connectivity index (χ2n) is 7.79. The fraction of sp³-hybridized carbons (Fsp3) is 0.364. The second kappa shape index (κ2) is 8.57. The molecule has 4 rings (SSSR count).